The molecule has 1 aromatic rings. The molecule has 0 aliphatic carbocycles. The highest BCUT2D eigenvalue weighted by Gasteiger charge is 2.08. The maximum absolute atomic E-state index is 5.17. The molecule has 1 aromatic heterocycles. The van der Waals surface area contributed by atoms with E-state index in [1.807, 2.05) is 19.1 Å². The highest BCUT2D eigenvalue weighted by molar-refractivity contribution is 5.71. The standard InChI is InChI=1S/C10H14N2O/c1-3-5-6-12-9(4-2)10-7-11-8-13-10/h3,5-9H,4H2,1-2H3/b5-3-,12-6?. The van der Waals surface area contributed by atoms with Gasteiger partial charge >= 0.3 is 0 Å². The van der Waals surface area contributed by atoms with Gasteiger partial charge in [-0.15, -0.1) is 0 Å². The average molecular weight is 178 g/mol. The maximum Gasteiger partial charge on any atom is 0.180 e. The topological polar surface area (TPSA) is 38.4 Å². The van der Waals surface area contributed by atoms with Crippen LogP contribution < -0.4 is 0 Å². The number of aromatic nitrogens is 1. The summed E-state index contributed by atoms with van der Waals surface area (Å²) in [5.74, 6) is 0.822. The summed E-state index contributed by atoms with van der Waals surface area (Å²) in [4.78, 5) is 8.19. The lowest BCUT2D eigenvalue weighted by molar-refractivity contribution is 0.459. The highest BCUT2D eigenvalue weighted by Crippen LogP contribution is 2.19. The highest BCUT2D eigenvalue weighted by atomic mass is 16.3. The van der Waals surface area contributed by atoms with Crippen molar-refractivity contribution < 1.29 is 4.42 Å². The third-order valence-corrected chi connectivity index (χ3v) is 1.71. The lowest BCUT2D eigenvalue weighted by Crippen LogP contribution is -1.91. The fourth-order valence-electron chi connectivity index (χ4n) is 1.01. The van der Waals surface area contributed by atoms with Gasteiger partial charge in [-0.05, 0) is 19.4 Å². The summed E-state index contributed by atoms with van der Waals surface area (Å²) in [6.45, 7) is 4.03. The third kappa shape index (κ3) is 2.86. The van der Waals surface area contributed by atoms with Crippen molar-refractivity contribution in [1.29, 1.82) is 0 Å². The van der Waals surface area contributed by atoms with Crippen molar-refractivity contribution in [3.8, 4) is 0 Å². The Hall–Kier alpha value is -1.38. The Kier molecular flexibility index (Phi) is 3.96. The Morgan fingerprint density at radius 3 is 3.08 bits per heavy atom. The molecule has 0 aromatic carbocycles. The second kappa shape index (κ2) is 5.30. The van der Waals surface area contributed by atoms with E-state index in [0.29, 0.717) is 0 Å². The molecule has 0 aliphatic heterocycles. The minimum Gasteiger partial charge on any atom is -0.446 e. The van der Waals surface area contributed by atoms with Gasteiger partial charge in [0.1, 0.15) is 11.8 Å². The van der Waals surface area contributed by atoms with Crippen molar-refractivity contribution >= 4 is 6.21 Å². The predicted octanol–water partition coefficient (Wildman–Crippen LogP) is 2.77. The van der Waals surface area contributed by atoms with E-state index in [-0.39, 0.29) is 6.04 Å². The van der Waals surface area contributed by atoms with Crippen LogP contribution in [0.4, 0.5) is 0 Å². The van der Waals surface area contributed by atoms with Gasteiger partial charge in [-0.25, -0.2) is 4.98 Å². The van der Waals surface area contributed by atoms with Gasteiger partial charge < -0.3 is 4.42 Å². The van der Waals surface area contributed by atoms with Crippen molar-refractivity contribution in [2.45, 2.75) is 26.3 Å². The van der Waals surface area contributed by atoms with Crippen LogP contribution in [0, 0.1) is 0 Å². The third-order valence-electron chi connectivity index (χ3n) is 1.71. The Labute approximate surface area is 78.2 Å². The second-order valence-electron chi connectivity index (χ2n) is 2.65. The van der Waals surface area contributed by atoms with Crippen LogP contribution in [0.5, 0.6) is 0 Å². The van der Waals surface area contributed by atoms with Crippen molar-refractivity contribution in [2.75, 3.05) is 0 Å². The van der Waals surface area contributed by atoms with Gasteiger partial charge in [-0.3, -0.25) is 4.99 Å². The van der Waals surface area contributed by atoms with Crippen LogP contribution in [-0.4, -0.2) is 11.2 Å². The molecule has 1 atom stereocenters. The van der Waals surface area contributed by atoms with Crippen LogP contribution in [0.2, 0.25) is 0 Å². The summed E-state index contributed by atoms with van der Waals surface area (Å²) in [7, 11) is 0. The molecule has 70 valence electrons. The van der Waals surface area contributed by atoms with E-state index in [9.17, 15) is 0 Å². The van der Waals surface area contributed by atoms with E-state index in [2.05, 4.69) is 16.9 Å². The van der Waals surface area contributed by atoms with Crippen LogP contribution >= 0.6 is 0 Å². The Morgan fingerprint density at radius 1 is 1.69 bits per heavy atom. The number of hydrogen-bond acceptors (Lipinski definition) is 3. The van der Waals surface area contributed by atoms with Crippen molar-refractivity contribution in [1.82, 2.24) is 4.98 Å². The van der Waals surface area contributed by atoms with Gasteiger partial charge in [0.15, 0.2) is 6.39 Å². The van der Waals surface area contributed by atoms with Crippen LogP contribution in [0.3, 0.4) is 0 Å². The first-order valence-electron chi connectivity index (χ1n) is 4.41. The number of allylic oxidation sites excluding steroid dienone is 2. The van der Waals surface area contributed by atoms with E-state index >= 15 is 0 Å². The van der Waals surface area contributed by atoms with Gasteiger partial charge in [-0.2, -0.15) is 0 Å². The number of aliphatic imine (C=N–C) groups is 1. The predicted molar refractivity (Wildman–Crippen MR) is 52.8 cm³/mol. The smallest absolute Gasteiger partial charge is 0.180 e. The second-order valence-corrected chi connectivity index (χ2v) is 2.65. The minimum atomic E-state index is 0.0960. The first-order chi connectivity index (χ1) is 6.38. The summed E-state index contributed by atoms with van der Waals surface area (Å²) in [5.41, 5.74) is 0. The van der Waals surface area contributed by atoms with E-state index in [4.69, 9.17) is 4.42 Å². The van der Waals surface area contributed by atoms with Gasteiger partial charge in [-0.1, -0.05) is 13.0 Å². The molecule has 0 amide bonds. The minimum absolute atomic E-state index is 0.0960. The first-order valence-corrected chi connectivity index (χ1v) is 4.41. The van der Waals surface area contributed by atoms with Crippen molar-refractivity contribution in [3.05, 3.63) is 30.5 Å². The molecule has 3 heteroatoms. The zero-order chi connectivity index (χ0) is 9.52. The van der Waals surface area contributed by atoms with Crippen LogP contribution in [0.15, 0.2) is 34.2 Å². The number of oxazole rings is 1. The molecule has 0 saturated carbocycles. The Morgan fingerprint density at radius 2 is 2.54 bits per heavy atom. The quantitative estimate of drug-likeness (QED) is 0.665. The summed E-state index contributed by atoms with van der Waals surface area (Å²) < 4.78 is 5.17. The molecule has 0 spiro atoms. The van der Waals surface area contributed by atoms with Crippen molar-refractivity contribution in [3.63, 3.8) is 0 Å². The van der Waals surface area contributed by atoms with E-state index in [0.717, 1.165) is 12.2 Å². The number of hydrogen-bond donors (Lipinski definition) is 0. The molecular weight excluding hydrogens is 164 g/mol. The lowest BCUT2D eigenvalue weighted by atomic mass is 10.2. The van der Waals surface area contributed by atoms with Gasteiger partial charge in [0.2, 0.25) is 0 Å². The molecule has 0 radical (unpaired) electrons. The Bertz CT molecular complexity index is 275. The van der Waals surface area contributed by atoms with Crippen LogP contribution in [0.1, 0.15) is 32.1 Å². The molecule has 0 N–H and O–H groups in total. The first kappa shape index (κ1) is 9.71. The molecule has 0 aliphatic rings. The zero-order valence-electron chi connectivity index (χ0n) is 7.97. The molecule has 0 saturated heterocycles. The molecule has 1 unspecified atom stereocenters. The van der Waals surface area contributed by atoms with E-state index in [1.54, 1.807) is 12.4 Å². The SMILES string of the molecule is C/C=C\C=NC(CC)c1cnco1. The number of nitrogens with zero attached hydrogens (tertiary/aromatic N) is 2. The van der Waals surface area contributed by atoms with E-state index < -0.39 is 0 Å². The number of rotatable bonds is 4. The van der Waals surface area contributed by atoms with Gasteiger partial charge in [0.25, 0.3) is 0 Å². The largest absolute Gasteiger partial charge is 0.446 e. The lowest BCUT2D eigenvalue weighted by Gasteiger charge is -2.03. The molecule has 0 fully saturated rings. The molecule has 3 nitrogen and oxygen atoms in total. The fraction of sp³-hybridized carbons (Fsp3) is 0.400. The molecule has 1 rings (SSSR count). The van der Waals surface area contributed by atoms with Gasteiger partial charge in [0, 0.05) is 6.21 Å². The molecular formula is C10H14N2O. The summed E-state index contributed by atoms with van der Waals surface area (Å²) >= 11 is 0. The fourth-order valence-corrected chi connectivity index (χ4v) is 1.01. The molecule has 1 heterocycles. The monoisotopic (exact) mass is 178 g/mol. The summed E-state index contributed by atoms with van der Waals surface area (Å²) in [5, 5.41) is 0. The molecule has 0 bridgehead atoms. The average Bonchev–Trinajstić information content (AvgIpc) is 2.65. The van der Waals surface area contributed by atoms with E-state index in [1.165, 1.54) is 6.39 Å². The van der Waals surface area contributed by atoms with Crippen LogP contribution in [-0.2, 0) is 0 Å². The van der Waals surface area contributed by atoms with Crippen LogP contribution in [0.25, 0.3) is 0 Å². The Balaban J connectivity index is 2.63. The van der Waals surface area contributed by atoms with Gasteiger partial charge in [0.05, 0.1) is 6.20 Å². The summed E-state index contributed by atoms with van der Waals surface area (Å²) in [6, 6.07) is 0.0960. The molecule has 13 heavy (non-hydrogen) atoms. The van der Waals surface area contributed by atoms with Crippen molar-refractivity contribution in [2.24, 2.45) is 4.99 Å². The normalized spacial score (nSPS) is 14.3. The summed E-state index contributed by atoms with van der Waals surface area (Å²) in [6.07, 6.45) is 9.69. The zero-order valence-corrected chi connectivity index (χ0v) is 7.97. The maximum atomic E-state index is 5.17.